The lowest BCUT2D eigenvalue weighted by Gasteiger charge is -2.17. The number of hydrogen-bond donors (Lipinski definition) is 0. The standard InChI is InChI=1S/C11H8BrF2NO2/c1-5-2-6(12)3-7-9(5)15(4-8(13)14)11(17)10(7)16/h2-3,8H,4H2,1H3. The lowest BCUT2D eigenvalue weighted by Crippen LogP contribution is -2.34. The van der Waals surface area contributed by atoms with Gasteiger partial charge in [0, 0.05) is 4.47 Å². The molecule has 0 aromatic heterocycles. The fraction of sp³-hybridized carbons (Fsp3) is 0.273. The van der Waals surface area contributed by atoms with E-state index < -0.39 is 24.7 Å². The van der Waals surface area contributed by atoms with Crippen LogP contribution in [0.1, 0.15) is 15.9 Å². The molecule has 1 amide bonds. The first kappa shape index (κ1) is 12.2. The summed E-state index contributed by atoms with van der Waals surface area (Å²) in [5, 5.41) is 0. The van der Waals surface area contributed by atoms with Crippen LogP contribution in [0.15, 0.2) is 16.6 Å². The van der Waals surface area contributed by atoms with E-state index in [0.29, 0.717) is 15.7 Å². The van der Waals surface area contributed by atoms with Crippen LogP contribution in [0.25, 0.3) is 0 Å². The highest BCUT2D eigenvalue weighted by Gasteiger charge is 2.38. The fourth-order valence-electron chi connectivity index (χ4n) is 1.92. The van der Waals surface area contributed by atoms with Gasteiger partial charge in [0.05, 0.1) is 17.8 Å². The molecule has 0 spiro atoms. The first-order chi connectivity index (χ1) is 7.91. The van der Waals surface area contributed by atoms with E-state index in [-0.39, 0.29) is 5.56 Å². The third-order valence-electron chi connectivity index (χ3n) is 2.54. The highest BCUT2D eigenvalue weighted by molar-refractivity contribution is 9.10. The Bertz CT molecular complexity index is 516. The number of halogens is 3. The number of hydrogen-bond acceptors (Lipinski definition) is 2. The topological polar surface area (TPSA) is 37.4 Å². The van der Waals surface area contributed by atoms with E-state index in [0.717, 1.165) is 4.90 Å². The van der Waals surface area contributed by atoms with Crippen LogP contribution in [0.3, 0.4) is 0 Å². The van der Waals surface area contributed by atoms with Gasteiger partial charge in [-0.1, -0.05) is 15.9 Å². The van der Waals surface area contributed by atoms with Gasteiger partial charge in [-0.15, -0.1) is 0 Å². The third kappa shape index (κ3) is 1.97. The summed E-state index contributed by atoms with van der Waals surface area (Å²) in [4.78, 5) is 24.1. The number of ketones is 1. The quantitative estimate of drug-likeness (QED) is 0.788. The molecule has 6 heteroatoms. The van der Waals surface area contributed by atoms with Crippen molar-refractivity contribution < 1.29 is 18.4 Å². The molecule has 0 unspecified atom stereocenters. The predicted molar refractivity (Wildman–Crippen MR) is 61.6 cm³/mol. The zero-order valence-electron chi connectivity index (χ0n) is 8.84. The first-order valence-electron chi connectivity index (χ1n) is 4.86. The van der Waals surface area contributed by atoms with Crippen LogP contribution in [0.4, 0.5) is 14.5 Å². The molecular formula is C11H8BrF2NO2. The second kappa shape index (κ2) is 4.18. The van der Waals surface area contributed by atoms with E-state index in [1.807, 2.05) is 0 Å². The third-order valence-corrected chi connectivity index (χ3v) is 3.00. The number of nitrogens with zero attached hydrogens (tertiary/aromatic N) is 1. The highest BCUT2D eigenvalue weighted by Crippen LogP contribution is 2.35. The van der Waals surface area contributed by atoms with Gasteiger partial charge in [-0.2, -0.15) is 0 Å². The lowest BCUT2D eigenvalue weighted by molar-refractivity contribution is -0.114. The molecule has 0 bridgehead atoms. The minimum atomic E-state index is -2.67. The van der Waals surface area contributed by atoms with Crippen molar-refractivity contribution in [3.05, 3.63) is 27.7 Å². The van der Waals surface area contributed by atoms with Crippen LogP contribution in [0, 0.1) is 6.92 Å². The Hall–Kier alpha value is -1.30. The summed E-state index contributed by atoms with van der Waals surface area (Å²) in [5.41, 5.74) is 1.10. The maximum atomic E-state index is 12.4. The largest absolute Gasteiger partial charge is 0.299 e. The Morgan fingerprint density at radius 2 is 2.00 bits per heavy atom. The molecule has 90 valence electrons. The summed E-state index contributed by atoms with van der Waals surface area (Å²) < 4.78 is 25.4. The number of carbonyl (C=O) groups excluding carboxylic acids is 2. The number of Topliss-reactive ketones (excluding diaryl/α,β-unsaturated/α-hetero) is 1. The van der Waals surface area contributed by atoms with Gasteiger partial charge in [0.15, 0.2) is 0 Å². The average Bonchev–Trinajstić information content (AvgIpc) is 2.43. The summed E-state index contributed by atoms with van der Waals surface area (Å²) in [5.74, 6) is -1.62. The maximum absolute atomic E-state index is 12.4. The zero-order chi connectivity index (χ0) is 12.7. The number of carbonyl (C=O) groups is 2. The number of alkyl halides is 2. The number of benzene rings is 1. The molecule has 0 atom stereocenters. The fourth-order valence-corrected chi connectivity index (χ4v) is 2.49. The van der Waals surface area contributed by atoms with Crippen LogP contribution >= 0.6 is 15.9 Å². The minimum Gasteiger partial charge on any atom is -0.299 e. The van der Waals surface area contributed by atoms with Crippen molar-refractivity contribution in [2.24, 2.45) is 0 Å². The molecule has 17 heavy (non-hydrogen) atoms. The van der Waals surface area contributed by atoms with Crippen molar-refractivity contribution >= 4 is 33.3 Å². The average molecular weight is 304 g/mol. The van der Waals surface area contributed by atoms with Crippen molar-refractivity contribution in [2.45, 2.75) is 13.3 Å². The lowest BCUT2D eigenvalue weighted by atomic mass is 10.1. The smallest absolute Gasteiger partial charge is 0.299 e. The van der Waals surface area contributed by atoms with Crippen molar-refractivity contribution in [3.8, 4) is 0 Å². The van der Waals surface area contributed by atoms with E-state index in [1.165, 1.54) is 6.07 Å². The van der Waals surface area contributed by atoms with Gasteiger partial charge in [0.2, 0.25) is 0 Å². The molecular weight excluding hydrogens is 296 g/mol. The number of aryl methyl sites for hydroxylation is 1. The monoisotopic (exact) mass is 303 g/mol. The number of rotatable bonds is 2. The Morgan fingerprint density at radius 3 is 2.59 bits per heavy atom. The van der Waals surface area contributed by atoms with Crippen molar-refractivity contribution in [1.29, 1.82) is 0 Å². The van der Waals surface area contributed by atoms with Crippen LogP contribution in [-0.2, 0) is 4.79 Å². The molecule has 1 aliphatic heterocycles. The zero-order valence-corrected chi connectivity index (χ0v) is 10.4. The molecule has 0 aliphatic carbocycles. The Labute approximate surface area is 105 Å². The summed E-state index contributed by atoms with van der Waals surface area (Å²) in [6.45, 7) is 0.925. The van der Waals surface area contributed by atoms with Gasteiger partial charge in [0.1, 0.15) is 0 Å². The second-order valence-electron chi connectivity index (χ2n) is 3.75. The second-order valence-corrected chi connectivity index (χ2v) is 4.67. The van der Waals surface area contributed by atoms with Gasteiger partial charge in [-0.05, 0) is 24.6 Å². The Kier molecular flexibility index (Phi) is 2.99. The van der Waals surface area contributed by atoms with Crippen LogP contribution < -0.4 is 4.90 Å². The Morgan fingerprint density at radius 1 is 1.35 bits per heavy atom. The van der Waals surface area contributed by atoms with E-state index >= 15 is 0 Å². The normalized spacial score (nSPS) is 14.8. The summed E-state index contributed by atoms with van der Waals surface area (Å²) >= 11 is 3.20. The van der Waals surface area contributed by atoms with Crippen molar-refractivity contribution in [3.63, 3.8) is 0 Å². The highest BCUT2D eigenvalue weighted by atomic mass is 79.9. The predicted octanol–water partition coefficient (Wildman–Crippen LogP) is 2.55. The summed E-state index contributed by atoms with van der Waals surface area (Å²) in [6, 6.07) is 3.16. The van der Waals surface area contributed by atoms with Crippen LogP contribution in [0.2, 0.25) is 0 Å². The maximum Gasteiger partial charge on any atom is 0.299 e. The number of anilines is 1. The molecule has 1 aromatic carbocycles. The van der Waals surface area contributed by atoms with Crippen molar-refractivity contribution in [2.75, 3.05) is 11.4 Å². The molecule has 0 saturated carbocycles. The van der Waals surface area contributed by atoms with Gasteiger partial charge in [-0.3, -0.25) is 14.5 Å². The first-order valence-corrected chi connectivity index (χ1v) is 5.65. The molecule has 1 aliphatic rings. The van der Waals surface area contributed by atoms with Crippen LogP contribution in [0.5, 0.6) is 0 Å². The van der Waals surface area contributed by atoms with E-state index in [2.05, 4.69) is 15.9 Å². The van der Waals surface area contributed by atoms with Gasteiger partial charge >= 0.3 is 0 Å². The summed E-state index contributed by atoms with van der Waals surface area (Å²) in [6.07, 6.45) is -2.67. The molecule has 1 aromatic rings. The molecule has 0 radical (unpaired) electrons. The summed E-state index contributed by atoms with van der Waals surface area (Å²) in [7, 11) is 0. The molecule has 0 saturated heterocycles. The van der Waals surface area contributed by atoms with E-state index in [9.17, 15) is 18.4 Å². The minimum absolute atomic E-state index is 0.183. The van der Waals surface area contributed by atoms with Gasteiger partial charge in [0.25, 0.3) is 18.1 Å². The molecule has 2 rings (SSSR count). The molecule has 0 N–H and O–H groups in total. The number of fused-ring (bicyclic) bond motifs is 1. The molecule has 3 nitrogen and oxygen atoms in total. The van der Waals surface area contributed by atoms with Gasteiger partial charge in [-0.25, -0.2) is 8.78 Å². The SMILES string of the molecule is Cc1cc(Br)cc2c1N(CC(F)F)C(=O)C2=O. The Balaban J connectivity index is 2.56. The molecule has 0 fully saturated rings. The van der Waals surface area contributed by atoms with Crippen molar-refractivity contribution in [1.82, 2.24) is 0 Å². The molecule has 1 heterocycles. The van der Waals surface area contributed by atoms with Gasteiger partial charge < -0.3 is 0 Å². The number of amides is 1. The van der Waals surface area contributed by atoms with Crippen LogP contribution in [-0.4, -0.2) is 24.7 Å². The van der Waals surface area contributed by atoms with E-state index in [1.54, 1.807) is 13.0 Å². The van der Waals surface area contributed by atoms with E-state index in [4.69, 9.17) is 0 Å².